The van der Waals surface area contributed by atoms with E-state index in [0.29, 0.717) is 12.2 Å². The summed E-state index contributed by atoms with van der Waals surface area (Å²) in [7, 11) is 0. The Hall–Kier alpha value is -2.67. The highest BCUT2D eigenvalue weighted by Crippen LogP contribution is 2.37. The topological polar surface area (TPSA) is 62.3 Å². The van der Waals surface area contributed by atoms with Crippen LogP contribution in [0.15, 0.2) is 42.5 Å². The number of rotatable bonds is 2. The maximum Gasteiger partial charge on any atom is 0.144 e. The lowest BCUT2D eigenvalue weighted by atomic mass is 10.1. The second kappa shape index (κ2) is 5.14. The van der Waals surface area contributed by atoms with Crippen molar-refractivity contribution in [1.82, 2.24) is 0 Å². The van der Waals surface area contributed by atoms with E-state index < -0.39 is 0 Å². The van der Waals surface area contributed by atoms with Crippen LogP contribution in [0.4, 0.5) is 11.4 Å². The van der Waals surface area contributed by atoms with Crippen LogP contribution in [0.1, 0.15) is 11.1 Å². The van der Waals surface area contributed by atoms with Gasteiger partial charge in [0.15, 0.2) is 0 Å². The van der Waals surface area contributed by atoms with E-state index in [1.807, 2.05) is 42.5 Å². The normalized spacial score (nSPS) is 13.2. The number of hydrogen-bond acceptors (Lipinski definition) is 4. The SMILES string of the molecule is N#Cc1ccc(CN2CCOc3cccc(N)c32)cc1. The lowest BCUT2D eigenvalue weighted by Gasteiger charge is -2.32. The second-order valence-electron chi connectivity index (χ2n) is 4.77. The van der Waals surface area contributed by atoms with Gasteiger partial charge in [-0.2, -0.15) is 5.26 Å². The van der Waals surface area contributed by atoms with Gasteiger partial charge in [-0.1, -0.05) is 18.2 Å². The van der Waals surface area contributed by atoms with E-state index in [-0.39, 0.29) is 0 Å². The molecule has 4 nitrogen and oxygen atoms in total. The van der Waals surface area contributed by atoms with E-state index >= 15 is 0 Å². The summed E-state index contributed by atoms with van der Waals surface area (Å²) in [6, 6.07) is 15.5. The summed E-state index contributed by atoms with van der Waals surface area (Å²) in [5.74, 6) is 0.838. The van der Waals surface area contributed by atoms with Gasteiger partial charge in [0.2, 0.25) is 0 Å². The summed E-state index contributed by atoms with van der Waals surface area (Å²) in [6.07, 6.45) is 0. The monoisotopic (exact) mass is 265 g/mol. The molecular weight excluding hydrogens is 250 g/mol. The van der Waals surface area contributed by atoms with E-state index in [2.05, 4.69) is 11.0 Å². The Balaban J connectivity index is 1.87. The molecule has 0 atom stereocenters. The first-order valence-electron chi connectivity index (χ1n) is 6.53. The first-order chi connectivity index (χ1) is 9.78. The van der Waals surface area contributed by atoms with Crippen LogP contribution < -0.4 is 15.4 Å². The molecule has 3 rings (SSSR count). The van der Waals surface area contributed by atoms with E-state index in [9.17, 15) is 0 Å². The number of fused-ring (bicyclic) bond motifs is 1. The Morgan fingerprint density at radius 1 is 1.20 bits per heavy atom. The highest BCUT2D eigenvalue weighted by Gasteiger charge is 2.20. The van der Waals surface area contributed by atoms with E-state index in [0.717, 1.165) is 35.8 Å². The number of nitriles is 1. The van der Waals surface area contributed by atoms with Gasteiger partial charge in [0, 0.05) is 6.54 Å². The molecule has 2 N–H and O–H groups in total. The molecule has 0 aliphatic carbocycles. The van der Waals surface area contributed by atoms with Crippen molar-refractivity contribution in [3.63, 3.8) is 0 Å². The Bertz CT molecular complexity index is 658. The second-order valence-corrected chi connectivity index (χ2v) is 4.77. The molecule has 0 amide bonds. The Morgan fingerprint density at radius 3 is 2.75 bits per heavy atom. The van der Waals surface area contributed by atoms with Crippen LogP contribution >= 0.6 is 0 Å². The van der Waals surface area contributed by atoms with Crippen LogP contribution in [0.25, 0.3) is 0 Å². The molecule has 1 aliphatic rings. The fraction of sp³-hybridized carbons (Fsp3) is 0.188. The van der Waals surface area contributed by atoms with Crippen molar-refractivity contribution in [3.05, 3.63) is 53.6 Å². The van der Waals surface area contributed by atoms with Gasteiger partial charge in [-0.15, -0.1) is 0 Å². The molecule has 20 heavy (non-hydrogen) atoms. The Kier molecular flexibility index (Phi) is 3.18. The van der Waals surface area contributed by atoms with Crippen molar-refractivity contribution in [2.75, 3.05) is 23.8 Å². The zero-order valence-electron chi connectivity index (χ0n) is 11.0. The summed E-state index contributed by atoms with van der Waals surface area (Å²) in [4.78, 5) is 2.22. The number of nitrogens with two attached hydrogens (primary N) is 1. The lowest BCUT2D eigenvalue weighted by Crippen LogP contribution is -2.32. The van der Waals surface area contributed by atoms with Crippen LogP contribution in [0.3, 0.4) is 0 Å². The molecule has 0 aromatic heterocycles. The predicted molar refractivity (Wildman–Crippen MR) is 78.6 cm³/mol. The maximum atomic E-state index is 8.82. The predicted octanol–water partition coefficient (Wildman–Crippen LogP) is 2.54. The van der Waals surface area contributed by atoms with E-state index in [1.54, 1.807) is 0 Å². The number of nitrogen functional groups attached to an aromatic ring is 1. The van der Waals surface area contributed by atoms with Gasteiger partial charge in [-0.3, -0.25) is 0 Å². The van der Waals surface area contributed by atoms with Crippen molar-refractivity contribution >= 4 is 11.4 Å². The molecule has 0 fully saturated rings. The molecular formula is C16H15N3O. The molecule has 0 saturated carbocycles. The fourth-order valence-corrected chi connectivity index (χ4v) is 2.43. The van der Waals surface area contributed by atoms with Crippen LogP contribution in [0, 0.1) is 11.3 Å². The number of benzene rings is 2. The quantitative estimate of drug-likeness (QED) is 0.848. The molecule has 100 valence electrons. The van der Waals surface area contributed by atoms with Gasteiger partial charge in [0.25, 0.3) is 0 Å². The number of para-hydroxylation sites is 1. The maximum absolute atomic E-state index is 8.82. The average molecular weight is 265 g/mol. The van der Waals surface area contributed by atoms with Crippen LogP contribution in [-0.4, -0.2) is 13.2 Å². The molecule has 1 aliphatic heterocycles. The smallest absolute Gasteiger partial charge is 0.144 e. The largest absolute Gasteiger partial charge is 0.489 e. The number of nitrogens with zero attached hydrogens (tertiary/aromatic N) is 2. The van der Waals surface area contributed by atoms with Crippen LogP contribution in [0.5, 0.6) is 5.75 Å². The number of ether oxygens (including phenoxy) is 1. The first kappa shape index (κ1) is 12.4. The van der Waals surface area contributed by atoms with Gasteiger partial charge in [0.1, 0.15) is 18.0 Å². The molecule has 2 aromatic rings. The zero-order chi connectivity index (χ0) is 13.9. The van der Waals surface area contributed by atoms with Crippen molar-refractivity contribution in [1.29, 1.82) is 5.26 Å². The summed E-state index contributed by atoms with van der Waals surface area (Å²) in [5, 5.41) is 8.82. The minimum atomic E-state index is 0.659. The highest BCUT2D eigenvalue weighted by molar-refractivity contribution is 5.75. The van der Waals surface area contributed by atoms with Gasteiger partial charge in [-0.05, 0) is 29.8 Å². The minimum absolute atomic E-state index is 0.659. The summed E-state index contributed by atoms with van der Waals surface area (Å²) in [6.45, 7) is 2.23. The number of anilines is 2. The first-order valence-corrected chi connectivity index (χ1v) is 6.53. The van der Waals surface area contributed by atoms with Crippen molar-refractivity contribution in [2.45, 2.75) is 6.54 Å². The molecule has 1 heterocycles. The third-order valence-corrected chi connectivity index (χ3v) is 3.42. The van der Waals surface area contributed by atoms with Gasteiger partial charge < -0.3 is 15.4 Å². The Labute approximate surface area is 118 Å². The lowest BCUT2D eigenvalue weighted by molar-refractivity contribution is 0.307. The van der Waals surface area contributed by atoms with Gasteiger partial charge in [-0.25, -0.2) is 0 Å². The molecule has 4 heteroatoms. The summed E-state index contributed by atoms with van der Waals surface area (Å²) < 4.78 is 5.64. The fourth-order valence-electron chi connectivity index (χ4n) is 2.43. The van der Waals surface area contributed by atoms with Crippen molar-refractivity contribution < 1.29 is 4.74 Å². The molecule has 2 aromatic carbocycles. The summed E-state index contributed by atoms with van der Waals surface area (Å²) >= 11 is 0. The third kappa shape index (κ3) is 2.26. The van der Waals surface area contributed by atoms with E-state index in [4.69, 9.17) is 15.7 Å². The standard InChI is InChI=1S/C16H15N3O/c17-10-12-4-6-13(7-5-12)11-19-8-9-20-15-3-1-2-14(18)16(15)19/h1-7H,8-9,11,18H2. The van der Waals surface area contributed by atoms with Gasteiger partial charge >= 0.3 is 0 Å². The van der Waals surface area contributed by atoms with E-state index in [1.165, 1.54) is 0 Å². The molecule has 0 unspecified atom stereocenters. The van der Waals surface area contributed by atoms with Gasteiger partial charge in [0.05, 0.1) is 23.9 Å². The molecule has 0 bridgehead atoms. The van der Waals surface area contributed by atoms with Crippen LogP contribution in [-0.2, 0) is 6.54 Å². The molecule has 0 spiro atoms. The van der Waals surface area contributed by atoms with Crippen molar-refractivity contribution in [2.24, 2.45) is 0 Å². The minimum Gasteiger partial charge on any atom is -0.489 e. The average Bonchev–Trinajstić information content (AvgIpc) is 2.48. The Morgan fingerprint density at radius 2 is 2.00 bits per heavy atom. The van der Waals surface area contributed by atoms with Crippen LogP contribution in [0.2, 0.25) is 0 Å². The third-order valence-electron chi connectivity index (χ3n) is 3.42. The highest BCUT2D eigenvalue weighted by atomic mass is 16.5. The summed E-state index contributed by atoms with van der Waals surface area (Å²) in [5.41, 5.74) is 9.59. The zero-order valence-corrected chi connectivity index (χ0v) is 11.0. The number of hydrogen-bond donors (Lipinski definition) is 1. The molecule has 0 radical (unpaired) electrons. The molecule has 0 saturated heterocycles. The van der Waals surface area contributed by atoms with Crippen molar-refractivity contribution in [3.8, 4) is 11.8 Å².